The van der Waals surface area contributed by atoms with Gasteiger partial charge in [0.15, 0.2) is 0 Å². The highest BCUT2D eigenvalue weighted by atomic mass is 15.5. The molecule has 0 radical (unpaired) electrons. The van der Waals surface area contributed by atoms with Gasteiger partial charge in [0.05, 0.1) is 0 Å². The van der Waals surface area contributed by atoms with E-state index < -0.39 is 0 Å². The molecule has 0 spiro atoms. The smallest absolute Gasteiger partial charge is 0.0267 e. The molecule has 2 saturated heterocycles. The number of fused-ring (bicyclic) bond motifs is 2. The minimum absolute atomic E-state index is 0.741. The topological polar surface area (TPSA) is 15.3 Å². The summed E-state index contributed by atoms with van der Waals surface area (Å²) in [6.45, 7) is 8.62. The quantitative estimate of drug-likeness (QED) is 0.672. The average molecular weight is 184 g/mol. The number of hydrazine groups is 1. The van der Waals surface area contributed by atoms with E-state index in [9.17, 15) is 0 Å². The van der Waals surface area contributed by atoms with Gasteiger partial charge in [0, 0.05) is 19.1 Å². The van der Waals surface area contributed by atoms with Crippen LogP contribution in [0.25, 0.3) is 0 Å². The van der Waals surface area contributed by atoms with Crippen LogP contribution in [0.4, 0.5) is 0 Å². The summed E-state index contributed by atoms with van der Waals surface area (Å²) in [7, 11) is 2.18. The van der Waals surface area contributed by atoms with Gasteiger partial charge in [0.1, 0.15) is 0 Å². The van der Waals surface area contributed by atoms with Crippen LogP contribution in [0.2, 0.25) is 0 Å². The van der Waals surface area contributed by atoms with E-state index in [0.717, 1.165) is 23.9 Å². The van der Waals surface area contributed by atoms with Gasteiger partial charge in [-0.1, -0.05) is 27.7 Å². The van der Waals surface area contributed by atoms with Crippen molar-refractivity contribution >= 4 is 0 Å². The Kier molecular flexibility index (Phi) is 3.74. The van der Waals surface area contributed by atoms with Crippen molar-refractivity contribution in [3.8, 4) is 0 Å². The monoisotopic (exact) mass is 184 g/mol. The summed E-state index contributed by atoms with van der Waals surface area (Å²) in [6.07, 6.45) is 2.85. The van der Waals surface area contributed by atoms with Crippen molar-refractivity contribution in [3.63, 3.8) is 0 Å². The number of rotatable bonds is 1. The lowest BCUT2D eigenvalue weighted by Gasteiger charge is -2.54. The molecule has 3 aliphatic rings. The van der Waals surface area contributed by atoms with Crippen LogP contribution in [0.5, 0.6) is 0 Å². The van der Waals surface area contributed by atoms with Gasteiger partial charge in [-0.05, 0) is 24.7 Å². The van der Waals surface area contributed by atoms with Crippen molar-refractivity contribution in [2.75, 3.05) is 7.05 Å². The number of hydrogen-bond donors (Lipinski definition) is 1. The molecule has 0 aromatic heterocycles. The fraction of sp³-hybridized carbons (Fsp3) is 1.00. The first-order valence-electron chi connectivity index (χ1n) is 5.67. The molecule has 1 unspecified atom stereocenters. The molecular weight excluding hydrogens is 160 g/mol. The van der Waals surface area contributed by atoms with Crippen molar-refractivity contribution in [2.45, 2.75) is 52.6 Å². The van der Waals surface area contributed by atoms with Gasteiger partial charge < -0.3 is 0 Å². The van der Waals surface area contributed by atoms with Gasteiger partial charge in [0.2, 0.25) is 0 Å². The predicted molar refractivity (Wildman–Crippen MR) is 57.4 cm³/mol. The molecule has 13 heavy (non-hydrogen) atoms. The third-order valence-electron chi connectivity index (χ3n) is 3.28. The zero-order chi connectivity index (χ0) is 10.0. The Morgan fingerprint density at radius 2 is 1.77 bits per heavy atom. The van der Waals surface area contributed by atoms with Crippen LogP contribution in [0, 0.1) is 11.8 Å². The maximum atomic E-state index is 3.55. The van der Waals surface area contributed by atoms with Crippen molar-refractivity contribution in [1.29, 1.82) is 0 Å². The number of hydrogen-bond acceptors (Lipinski definition) is 2. The minimum atomic E-state index is 0.741. The average Bonchev–Trinajstić information content (AvgIpc) is 2.04. The largest absolute Gasteiger partial charge is 0.252 e. The zero-order valence-electron chi connectivity index (χ0n) is 9.67. The van der Waals surface area contributed by atoms with Crippen LogP contribution in [0.1, 0.15) is 40.5 Å². The molecule has 2 bridgehead atoms. The van der Waals surface area contributed by atoms with Crippen LogP contribution < -0.4 is 5.43 Å². The minimum Gasteiger partial charge on any atom is -0.252 e. The second kappa shape index (κ2) is 4.43. The molecule has 1 aliphatic carbocycles. The summed E-state index contributed by atoms with van der Waals surface area (Å²) < 4.78 is 0. The van der Waals surface area contributed by atoms with E-state index in [1.165, 1.54) is 12.8 Å². The van der Waals surface area contributed by atoms with Crippen molar-refractivity contribution in [3.05, 3.63) is 0 Å². The Balaban J connectivity index is 0.000000396. The lowest BCUT2D eigenvalue weighted by Crippen LogP contribution is -2.65. The molecule has 2 nitrogen and oxygen atoms in total. The highest BCUT2D eigenvalue weighted by Crippen LogP contribution is 2.39. The van der Waals surface area contributed by atoms with E-state index in [4.69, 9.17) is 0 Å². The van der Waals surface area contributed by atoms with Gasteiger partial charge in [-0.3, -0.25) is 5.43 Å². The Bertz CT molecular complexity index is 150. The van der Waals surface area contributed by atoms with Crippen molar-refractivity contribution in [1.82, 2.24) is 10.4 Å². The highest BCUT2D eigenvalue weighted by Gasteiger charge is 2.43. The molecule has 3 rings (SSSR count). The number of nitrogens with zero attached hydrogens (tertiary/aromatic N) is 1. The maximum absolute atomic E-state index is 3.55. The lowest BCUT2D eigenvalue weighted by atomic mass is 9.70. The lowest BCUT2D eigenvalue weighted by molar-refractivity contribution is -0.0601. The molecule has 1 atom stereocenters. The van der Waals surface area contributed by atoms with Gasteiger partial charge in [-0.2, -0.15) is 0 Å². The van der Waals surface area contributed by atoms with E-state index >= 15 is 0 Å². The fourth-order valence-corrected chi connectivity index (χ4v) is 2.38. The SMILES string of the molecule is CC.CC(C)C1NN(C)C2CC1C2. The molecule has 3 fully saturated rings. The van der Waals surface area contributed by atoms with Crippen LogP contribution in [-0.4, -0.2) is 24.1 Å². The summed E-state index contributed by atoms with van der Waals surface area (Å²) in [4.78, 5) is 0. The van der Waals surface area contributed by atoms with Crippen molar-refractivity contribution < 1.29 is 0 Å². The van der Waals surface area contributed by atoms with E-state index in [1.807, 2.05) is 13.8 Å². The van der Waals surface area contributed by atoms with E-state index in [0.29, 0.717) is 0 Å². The Hall–Kier alpha value is -0.0800. The molecule has 2 aliphatic heterocycles. The molecule has 0 aromatic carbocycles. The van der Waals surface area contributed by atoms with E-state index in [2.05, 4.69) is 31.3 Å². The second-order valence-corrected chi connectivity index (χ2v) is 4.40. The third kappa shape index (κ3) is 2.05. The summed E-state index contributed by atoms with van der Waals surface area (Å²) in [6, 6.07) is 1.58. The summed E-state index contributed by atoms with van der Waals surface area (Å²) in [5.41, 5.74) is 3.55. The van der Waals surface area contributed by atoms with E-state index in [-0.39, 0.29) is 0 Å². The van der Waals surface area contributed by atoms with Crippen LogP contribution in [-0.2, 0) is 0 Å². The normalized spacial score (nSPS) is 37.8. The van der Waals surface area contributed by atoms with E-state index in [1.54, 1.807) is 0 Å². The van der Waals surface area contributed by atoms with Gasteiger partial charge in [-0.25, -0.2) is 5.01 Å². The first-order chi connectivity index (χ1) is 6.18. The molecule has 1 N–H and O–H groups in total. The zero-order valence-corrected chi connectivity index (χ0v) is 9.67. The molecule has 0 amide bonds. The van der Waals surface area contributed by atoms with Crippen molar-refractivity contribution in [2.24, 2.45) is 11.8 Å². The van der Waals surface area contributed by atoms with Gasteiger partial charge in [0.25, 0.3) is 0 Å². The second-order valence-electron chi connectivity index (χ2n) is 4.40. The Morgan fingerprint density at radius 3 is 2.08 bits per heavy atom. The fourth-order valence-electron chi connectivity index (χ4n) is 2.38. The van der Waals surface area contributed by atoms with Gasteiger partial charge >= 0.3 is 0 Å². The summed E-state index contributed by atoms with van der Waals surface area (Å²) >= 11 is 0. The van der Waals surface area contributed by atoms with Crippen LogP contribution in [0.3, 0.4) is 0 Å². The molecule has 0 aromatic rings. The first-order valence-corrected chi connectivity index (χ1v) is 5.67. The molecule has 78 valence electrons. The Labute approximate surface area is 82.7 Å². The first kappa shape index (κ1) is 11.0. The molecule has 2 heterocycles. The third-order valence-corrected chi connectivity index (χ3v) is 3.28. The molecule has 2 heteroatoms. The van der Waals surface area contributed by atoms with Crippen LogP contribution in [0.15, 0.2) is 0 Å². The summed E-state index contributed by atoms with van der Waals surface area (Å²) in [5.74, 6) is 1.75. The molecule has 1 saturated carbocycles. The highest BCUT2D eigenvalue weighted by molar-refractivity contribution is 4.97. The number of nitrogens with one attached hydrogen (secondary N) is 1. The summed E-state index contributed by atoms with van der Waals surface area (Å²) in [5, 5.41) is 2.31. The van der Waals surface area contributed by atoms with Crippen LogP contribution >= 0.6 is 0 Å². The predicted octanol–water partition coefficient (Wildman–Crippen LogP) is 2.27. The maximum Gasteiger partial charge on any atom is 0.0267 e. The molecular formula is C11H24N2. The Morgan fingerprint density at radius 1 is 1.23 bits per heavy atom. The standard InChI is InChI=1S/C9H18N2.C2H6/c1-6(2)9-7-4-8(5-7)11(3)10-9;1-2/h6-10H,4-5H2,1-3H3;1-2H3. The van der Waals surface area contributed by atoms with Gasteiger partial charge in [-0.15, -0.1) is 0 Å².